The zero-order valence-corrected chi connectivity index (χ0v) is 13.9. The molecule has 0 fully saturated rings. The Labute approximate surface area is 136 Å². The average molecular weight is 327 g/mol. The summed E-state index contributed by atoms with van der Waals surface area (Å²) in [4.78, 5) is 29.4. The molecule has 0 bridgehead atoms. The first-order valence-electron chi connectivity index (χ1n) is 7.58. The fourth-order valence-corrected chi connectivity index (χ4v) is 3.14. The van der Waals surface area contributed by atoms with E-state index >= 15 is 0 Å². The fraction of sp³-hybridized carbons (Fsp3) is 0.312. The summed E-state index contributed by atoms with van der Waals surface area (Å²) in [6.07, 6.45) is 1.62. The van der Waals surface area contributed by atoms with Crippen LogP contribution < -0.4 is 11.2 Å². The van der Waals surface area contributed by atoms with E-state index in [1.165, 1.54) is 11.6 Å². The maximum Gasteiger partial charge on any atom is 0.332 e. The van der Waals surface area contributed by atoms with E-state index in [9.17, 15) is 9.59 Å². The van der Waals surface area contributed by atoms with Crippen LogP contribution in [0.5, 0.6) is 0 Å². The molecule has 124 valence electrons. The monoisotopic (exact) mass is 327 g/mol. The van der Waals surface area contributed by atoms with Crippen molar-refractivity contribution < 1.29 is 4.42 Å². The van der Waals surface area contributed by atoms with Gasteiger partial charge >= 0.3 is 5.69 Å². The number of aryl methyl sites for hydroxylation is 2. The van der Waals surface area contributed by atoms with Crippen LogP contribution in [0.3, 0.4) is 0 Å². The maximum absolute atomic E-state index is 12.6. The van der Waals surface area contributed by atoms with Crippen molar-refractivity contribution in [2.24, 2.45) is 14.1 Å². The van der Waals surface area contributed by atoms with Crippen LogP contribution in [0.4, 0.5) is 0 Å². The highest BCUT2D eigenvalue weighted by molar-refractivity contribution is 5.76. The molecule has 0 spiro atoms. The van der Waals surface area contributed by atoms with Crippen molar-refractivity contribution in [2.45, 2.75) is 20.4 Å². The number of furan rings is 1. The molecule has 0 aliphatic rings. The lowest BCUT2D eigenvalue weighted by molar-refractivity contribution is 0.494. The van der Waals surface area contributed by atoms with Crippen molar-refractivity contribution in [1.29, 1.82) is 0 Å². The summed E-state index contributed by atoms with van der Waals surface area (Å²) in [6.45, 7) is 4.42. The molecule has 0 unspecified atom stereocenters. The van der Waals surface area contributed by atoms with Crippen LogP contribution in [0.2, 0.25) is 0 Å². The zero-order chi connectivity index (χ0) is 17.2. The molecule has 0 aliphatic carbocycles. The Bertz CT molecular complexity index is 1200. The number of rotatable bonds is 2. The number of hydrogen-bond acceptors (Lipinski definition) is 4. The van der Waals surface area contributed by atoms with Crippen molar-refractivity contribution in [2.75, 3.05) is 0 Å². The molecule has 4 aromatic heterocycles. The summed E-state index contributed by atoms with van der Waals surface area (Å²) in [5, 5.41) is 0. The first-order valence-corrected chi connectivity index (χ1v) is 7.58. The van der Waals surface area contributed by atoms with Gasteiger partial charge in [-0.15, -0.1) is 0 Å². The molecule has 4 aromatic rings. The Morgan fingerprint density at radius 3 is 2.54 bits per heavy atom. The quantitative estimate of drug-likeness (QED) is 0.549. The molecule has 0 saturated heterocycles. The lowest BCUT2D eigenvalue weighted by Gasteiger charge is -2.04. The van der Waals surface area contributed by atoms with Gasteiger partial charge in [-0.1, -0.05) is 0 Å². The topological polar surface area (TPSA) is 79.4 Å². The van der Waals surface area contributed by atoms with Gasteiger partial charge in [-0.05, 0) is 26.0 Å². The fourth-order valence-electron chi connectivity index (χ4n) is 3.14. The lowest BCUT2D eigenvalue weighted by atomic mass is 10.3. The molecule has 8 heteroatoms. The van der Waals surface area contributed by atoms with E-state index in [0.717, 1.165) is 21.7 Å². The Hall–Kier alpha value is -3.03. The average Bonchev–Trinajstić information content (AvgIpc) is 3.25. The van der Waals surface area contributed by atoms with Crippen molar-refractivity contribution in [1.82, 2.24) is 23.1 Å². The summed E-state index contributed by atoms with van der Waals surface area (Å²) in [5.41, 5.74) is 1.96. The molecule has 0 aliphatic heterocycles. The van der Waals surface area contributed by atoms with Gasteiger partial charge in [0.2, 0.25) is 5.78 Å². The zero-order valence-electron chi connectivity index (χ0n) is 13.9. The summed E-state index contributed by atoms with van der Waals surface area (Å²) < 4.78 is 11.7. The predicted molar refractivity (Wildman–Crippen MR) is 88.5 cm³/mol. The SMILES string of the molecule is Cc1c(C)n2c3c(=O)n(C)c(=O)n(C)c3nc2n1Cc1ccco1. The summed E-state index contributed by atoms with van der Waals surface area (Å²) in [6, 6.07) is 3.72. The highest BCUT2D eigenvalue weighted by Gasteiger charge is 2.21. The maximum atomic E-state index is 12.6. The molecule has 0 atom stereocenters. The van der Waals surface area contributed by atoms with Gasteiger partial charge in [-0.25, -0.2) is 4.79 Å². The van der Waals surface area contributed by atoms with Gasteiger partial charge in [0.15, 0.2) is 11.2 Å². The van der Waals surface area contributed by atoms with Crippen molar-refractivity contribution in [3.8, 4) is 0 Å². The third-order valence-electron chi connectivity index (χ3n) is 4.64. The largest absolute Gasteiger partial charge is 0.467 e. The molecule has 8 nitrogen and oxygen atoms in total. The highest BCUT2D eigenvalue weighted by Crippen LogP contribution is 2.21. The first kappa shape index (κ1) is 14.6. The molecule has 4 heterocycles. The minimum Gasteiger partial charge on any atom is -0.467 e. The normalized spacial score (nSPS) is 11.8. The Morgan fingerprint density at radius 2 is 1.88 bits per heavy atom. The van der Waals surface area contributed by atoms with Crippen LogP contribution in [-0.2, 0) is 20.6 Å². The third kappa shape index (κ3) is 1.70. The molecule has 0 saturated carbocycles. The van der Waals surface area contributed by atoms with E-state index in [0.29, 0.717) is 23.5 Å². The van der Waals surface area contributed by atoms with E-state index in [-0.39, 0.29) is 11.2 Å². The van der Waals surface area contributed by atoms with Crippen LogP contribution in [-0.4, -0.2) is 23.1 Å². The molecular weight excluding hydrogens is 310 g/mol. The van der Waals surface area contributed by atoms with Crippen molar-refractivity contribution in [3.05, 3.63) is 56.4 Å². The van der Waals surface area contributed by atoms with Gasteiger partial charge in [-0.3, -0.25) is 18.3 Å². The molecule has 0 N–H and O–H groups in total. The minimum atomic E-state index is -0.389. The Morgan fingerprint density at radius 1 is 1.12 bits per heavy atom. The molecule has 24 heavy (non-hydrogen) atoms. The predicted octanol–water partition coefficient (Wildman–Crippen LogP) is 0.945. The van der Waals surface area contributed by atoms with Crippen LogP contribution in [0.15, 0.2) is 32.4 Å². The molecule has 4 rings (SSSR count). The van der Waals surface area contributed by atoms with Crippen LogP contribution in [0.1, 0.15) is 17.1 Å². The number of hydrogen-bond donors (Lipinski definition) is 0. The number of fused-ring (bicyclic) bond motifs is 3. The molecular formula is C16H17N5O3. The van der Waals surface area contributed by atoms with Crippen LogP contribution in [0.25, 0.3) is 16.9 Å². The van der Waals surface area contributed by atoms with E-state index in [1.807, 2.05) is 34.9 Å². The van der Waals surface area contributed by atoms with E-state index in [4.69, 9.17) is 4.42 Å². The van der Waals surface area contributed by atoms with Gasteiger partial charge in [0.05, 0.1) is 12.8 Å². The van der Waals surface area contributed by atoms with Gasteiger partial charge in [-0.2, -0.15) is 4.98 Å². The first-order chi connectivity index (χ1) is 11.4. The number of nitrogens with zero attached hydrogens (tertiary/aromatic N) is 5. The molecule has 0 radical (unpaired) electrons. The number of aromatic nitrogens is 5. The van der Waals surface area contributed by atoms with E-state index < -0.39 is 0 Å². The minimum absolute atomic E-state index is 0.348. The summed E-state index contributed by atoms with van der Waals surface area (Å²) >= 11 is 0. The second-order valence-corrected chi connectivity index (χ2v) is 5.96. The van der Waals surface area contributed by atoms with Gasteiger partial charge in [0, 0.05) is 25.5 Å². The van der Waals surface area contributed by atoms with Crippen molar-refractivity contribution >= 4 is 16.9 Å². The Kier molecular flexibility index (Phi) is 2.87. The second-order valence-electron chi connectivity index (χ2n) is 5.96. The van der Waals surface area contributed by atoms with Gasteiger partial charge in [0.25, 0.3) is 5.56 Å². The summed E-state index contributed by atoms with van der Waals surface area (Å²) in [7, 11) is 3.10. The van der Waals surface area contributed by atoms with Crippen LogP contribution >= 0.6 is 0 Å². The molecule has 0 amide bonds. The van der Waals surface area contributed by atoms with Crippen molar-refractivity contribution in [3.63, 3.8) is 0 Å². The van der Waals surface area contributed by atoms with Crippen LogP contribution in [0, 0.1) is 13.8 Å². The Balaban J connectivity index is 2.16. The third-order valence-corrected chi connectivity index (χ3v) is 4.64. The lowest BCUT2D eigenvalue weighted by Crippen LogP contribution is -2.37. The smallest absolute Gasteiger partial charge is 0.332 e. The van der Waals surface area contributed by atoms with Gasteiger partial charge in [0.1, 0.15) is 5.76 Å². The number of imidazole rings is 2. The highest BCUT2D eigenvalue weighted by atomic mass is 16.3. The van der Waals surface area contributed by atoms with Gasteiger partial charge < -0.3 is 8.98 Å². The standard InChI is InChI=1S/C16H17N5O3/c1-9-10(2)21-12-13(18(3)16(23)19(4)14(12)22)17-15(21)20(9)8-11-6-5-7-24-11/h5-7H,8H2,1-4H3. The molecule has 0 aromatic carbocycles. The van der Waals surface area contributed by atoms with E-state index in [2.05, 4.69) is 4.98 Å². The summed E-state index contributed by atoms with van der Waals surface area (Å²) in [5.74, 6) is 1.42. The second kappa shape index (κ2) is 4.73. The van der Waals surface area contributed by atoms with E-state index in [1.54, 1.807) is 13.3 Å².